The largest absolute Gasteiger partial charge is 0.454 e. The van der Waals surface area contributed by atoms with Gasteiger partial charge in [-0.3, -0.25) is 9.69 Å². The molecule has 2 aliphatic rings. The van der Waals surface area contributed by atoms with Gasteiger partial charge in [-0.2, -0.15) is 4.36 Å². The van der Waals surface area contributed by atoms with Gasteiger partial charge < -0.3 is 9.47 Å². The summed E-state index contributed by atoms with van der Waals surface area (Å²) in [4.78, 5) is 14.3. The van der Waals surface area contributed by atoms with Gasteiger partial charge in [0.1, 0.15) is 0 Å². The Balaban J connectivity index is 1.79. The molecule has 6 nitrogen and oxygen atoms in total. The summed E-state index contributed by atoms with van der Waals surface area (Å²) in [5.74, 6) is 1.22. The molecule has 3 rings (SSSR count). The number of nitrogens with zero attached hydrogens (tertiary/aromatic N) is 2. The van der Waals surface area contributed by atoms with Gasteiger partial charge in [0, 0.05) is 34.3 Å². The van der Waals surface area contributed by atoms with E-state index in [1.807, 2.05) is 18.2 Å². The molecule has 1 saturated heterocycles. The summed E-state index contributed by atoms with van der Waals surface area (Å²) in [5, 5.41) is 0. The fourth-order valence-corrected chi connectivity index (χ4v) is 3.46. The number of ether oxygens (including phenoxy) is 2. The molecule has 0 aliphatic carbocycles. The molecule has 0 N–H and O–H groups in total. The van der Waals surface area contributed by atoms with E-state index in [1.54, 1.807) is 0 Å². The number of rotatable bonds is 3. The Morgan fingerprint density at radius 2 is 2.23 bits per heavy atom. The van der Waals surface area contributed by atoms with E-state index in [4.69, 9.17) is 9.47 Å². The Bertz CT molecular complexity index is 701. The fraction of sp³-hybridized carbons (Fsp3) is 0.533. The van der Waals surface area contributed by atoms with E-state index in [9.17, 15) is 9.00 Å². The van der Waals surface area contributed by atoms with Crippen LogP contribution in [0.25, 0.3) is 0 Å². The Labute approximate surface area is 130 Å². The van der Waals surface area contributed by atoms with Crippen molar-refractivity contribution in [3.8, 4) is 11.5 Å². The van der Waals surface area contributed by atoms with Crippen molar-refractivity contribution in [2.75, 3.05) is 25.8 Å². The van der Waals surface area contributed by atoms with Crippen LogP contribution in [0.4, 0.5) is 0 Å². The molecule has 7 heteroatoms. The minimum atomic E-state index is -2.41. The Morgan fingerprint density at radius 1 is 1.41 bits per heavy atom. The van der Waals surface area contributed by atoms with E-state index < -0.39 is 9.73 Å². The van der Waals surface area contributed by atoms with Crippen molar-refractivity contribution in [3.05, 3.63) is 23.8 Å². The van der Waals surface area contributed by atoms with E-state index in [1.165, 1.54) is 12.5 Å². The van der Waals surface area contributed by atoms with Crippen molar-refractivity contribution >= 4 is 15.6 Å². The molecule has 1 amide bonds. The highest BCUT2D eigenvalue weighted by molar-refractivity contribution is 7.92. The average molecular weight is 324 g/mol. The number of para-hydroxylation sites is 1. The highest BCUT2D eigenvalue weighted by Crippen LogP contribution is 2.36. The Morgan fingerprint density at radius 3 is 3.00 bits per heavy atom. The number of hydrogen-bond acceptors (Lipinski definition) is 5. The maximum atomic E-state index is 12.3. The molecule has 2 aliphatic heterocycles. The topological polar surface area (TPSA) is 68.2 Å². The number of carbonyl (C=O) groups is 1. The number of amides is 1. The lowest BCUT2D eigenvalue weighted by atomic mass is 10.1. The van der Waals surface area contributed by atoms with Gasteiger partial charge in [0.25, 0.3) is 5.91 Å². The molecular formula is C15H20N2O4S. The van der Waals surface area contributed by atoms with Crippen LogP contribution in [0, 0.1) is 0 Å². The molecular weight excluding hydrogens is 304 g/mol. The second-order valence-electron chi connectivity index (χ2n) is 5.89. The van der Waals surface area contributed by atoms with E-state index in [0.29, 0.717) is 6.54 Å². The number of hydrogen-bond donors (Lipinski definition) is 0. The maximum absolute atomic E-state index is 12.3. The molecule has 0 unspecified atom stereocenters. The number of likely N-dealkylation sites (tertiary alicyclic amines) is 1. The van der Waals surface area contributed by atoms with Gasteiger partial charge in [0.05, 0.1) is 6.04 Å². The van der Waals surface area contributed by atoms with E-state index >= 15 is 0 Å². The first-order valence-corrected chi connectivity index (χ1v) is 9.60. The molecule has 0 spiro atoms. The van der Waals surface area contributed by atoms with Gasteiger partial charge in [-0.15, -0.1) is 0 Å². The second-order valence-corrected chi connectivity index (χ2v) is 8.44. The van der Waals surface area contributed by atoms with Gasteiger partial charge in [-0.25, -0.2) is 4.21 Å². The van der Waals surface area contributed by atoms with E-state index in [-0.39, 0.29) is 18.7 Å². The lowest BCUT2D eigenvalue weighted by Crippen LogP contribution is -2.35. The molecule has 1 aromatic carbocycles. The standard InChI is InChI=1S/C15H20N2O4S/c1-22(2,19)16-15(18)12-6-4-8-17(12)9-11-5-3-7-13-14(11)21-10-20-13/h3,5,7,12H,4,6,8-10H2,1-2H3/t12-/m0/s1. The van der Waals surface area contributed by atoms with Crippen LogP contribution in [0.2, 0.25) is 0 Å². The average Bonchev–Trinajstić information content (AvgIpc) is 3.05. The van der Waals surface area contributed by atoms with Crippen LogP contribution in [-0.2, 0) is 21.1 Å². The van der Waals surface area contributed by atoms with Gasteiger partial charge in [-0.1, -0.05) is 12.1 Å². The van der Waals surface area contributed by atoms with Gasteiger partial charge in [0.15, 0.2) is 11.5 Å². The summed E-state index contributed by atoms with van der Waals surface area (Å²) in [6.07, 6.45) is 4.66. The first kappa shape index (κ1) is 15.3. The second kappa shape index (κ2) is 5.89. The smallest absolute Gasteiger partial charge is 0.271 e. The minimum absolute atomic E-state index is 0.234. The third-order valence-electron chi connectivity index (χ3n) is 3.81. The third kappa shape index (κ3) is 3.25. The molecule has 1 fully saturated rings. The predicted molar refractivity (Wildman–Crippen MR) is 83.4 cm³/mol. The van der Waals surface area contributed by atoms with Crippen LogP contribution in [0.1, 0.15) is 18.4 Å². The van der Waals surface area contributed by atoms with Crippen molar-refractivity contribution < 1.29 is 18.5 Å². The lowest BCUT2D eigenvalue weighted by Gasteiger charge is -2.22. The summed E-state index contributed by atoms with van der Waals surface area (Å²) in [6, 6.07) is 5.48. The first-order chi connectivity index (χ1) is 10.4. The van der Waals surface area contributed by atoms with Crippen molar-refractivity contribution in [2.24, 2.45) is 4.36 Å². The van der Waals surface area contributed by atoms with Gasteiger partial charge >= 0.3 is 0 Å². The monoisotopic (exact) mass is 324 g/mol. The summed E-state index contributed by atoms with van der Waals surface area (Å²) in [5.41, 5.74) is 1.00. The third-order valence-corrected chi connectivity index (χ3v) is 4.43. The molecule has 0 aromatic heterocycles. The van der Waals surface area contributed by atoms with Crippen molar-refractivity contribution in [3.63, 3.8) is 0 Å². The fourth-order valence-electron chi connectivity index (χ4n) is 2.91. The summed E-state index contributed by atoms with van der Waals surface area (Å²) >= 11 is 0. The van der Waals surface area contributed by atoms with Crippen LogP contribution in [-0.4, -0.2) is 46.9 Å². The number of fused-ring (bicyclic) bond motifs is 1. The zero-order valence-corrected chi connectivity index (χ0v) is 13.6. The molecule has 1 aromatic rings. The Hall–Kier alpha value is -1.60. The van der Waals surface area contributed by atoms with Crippen LogP contribution in [0.5, 0.6) is 11.5 Å². The molecule has 0 saturated carbocycles. The molecule has 0 bridgehead atoms. The summed E-state index contributed by atoms with van der Waals surface area (Å²) in [7, 11) is -2.41. The van der Waals surface area contributed by atoms with Crippen LogP contribution < -0.4 is 9.47 Å². The summed E-state index contributed by atoms with van der Waals surface area (Å²) in [6.45, 7) is 1.66. The van der Waals surface area contributed by atoms with Gasteiger partial charge in [0.2, 0.25) is 6.79 Å². The van der Waals surface area contributed by atoms with Crippen LogP contribution in [0.15, 0.2) is 22.6 Å². The van der Waals surface area contributed by atoms with E-state index in [0.717, 1.165) is 36.4 Å². The van der Waals surface area contributed by atoms with Gasteiger partial charge in [-0.05, 0) is 25.5 Å². The SMILES string of the molecule is CS(C)(=O)=NC(=O)[C@@H]1CCCN1Cc1cccc2c1OCO2. The van der Waals surface area contributed by atoms with E-state index in [2.05, 4.69) is 9.26 Å². The number of benzene rings is 1. The molecule has 22 heavy (non-hydrogen) atoms. The molecule has 2 heterocycles. The normalized spacial score (nSPS) is 21.1. The zero-order valence-electron chi connectivity index (χ0n) is 12.8. The zero-order chi connectivity index (χ0) is 15.7. The Kier molecular flexibility index (Phi) is 4.10. The van der Waals surface area contributed by atoms with Crippen molar-refractivity contribution in [1.29, 1.82) is 0 Å². The number of carbonyl (C=O) groups excluding carboxylic acids is 1. The quantitative estimate of drug-likeness (QED) is 0.845. The van der Waals surface area contributed by atoms with Crippen LogP contribution >= 0.6 is 0 Å². The lowest BCUT2D eigenvalue weighted by molar-refractivity contribution is -0.122. The van der Waals surface area contributed by atoms with Crippen LogP contribution in [0.3, 0.4) is 0 Å². The molecule has 120 valence electrons. The highest BCUT2D eigenvalue weighted by atomic mass is 32.2. The summed E-state index contributed by atoms with van der Waals surface area (Å²) < 4.78 is 26.5. The van der Waals surface area contributed by atoms with Crippen molar-refractivity contribution in [2.45, 2.75) is 25.4 Å². The predicted octanol–water partition coefficient (Wildman–Crippen LogP) is 1.63. The molecule has 0 radical (unpaired) electrons. The highest BCUT2D eigenvalue weighted by Gasteiger charge is 2.32. The maximum Gasteiger partial charge on any atom is 0.271 e. The minimum Gasteiger partial charge on any atom is -0.454 e. The molecule has 1 atom stereocenters. The first-order valence-electron chi connectivity index (χ1n) is 7.26. The van der Waals surface area contributed by atoms with Crippen molar-refractivity contribution in [1.82, 2.24) is 4.90 Å².